The van der Waals surface area contributed by atoms with Gasteiger partial charge in [-0.05, 0) is 31.9 Å². The van der Waals surface area contributed by atoms with E-state index in [-0.39, 0.29) is 17.6 Å². The number of piperidine rings is 1. The third-order valence-corrected chi connectivity index (χ3v) is 6.08. The van der Waals surface area contributed by atoms with E-state index in [0.717, 1.165) is 18.5 Å². The van der Waals surface area contributed by atoms with E-state index in [1.807, 2.05) is 21.9 Å². The normalized spacial score (nSPS) is 18.4. The van der Waals surface area contributed by atoms with Crippen molar-refractivity contribution in [2.45, 2.75) is 25.9 Å². The third-order valence-electron chi connectivity index (χ3n) is 6.08. The number of nitrogens with zero attached hydrogens (tertiary/aromatic N) is 5. The van der Waals surface area contributed by atoms with Gasteiger partial charge in [0.15, 0.2) is 11.6 Å². The maximum Gasteiger partial charge on any atom is 0.260 e. The summed E-state index contributed by atoms with van der Waals surface area (Å²) in [6, 6.07) is 5.49. The number of aryl methyl sites for hydroxylation is 1. The molecule has 5 heterocycles. The van der Waals surface area contributed by atoms with Crippen molar-refractivity contribution in [3.63, 3.8) is 0 Å². The summed E-state index contributed by atoms with van der Waals surface area (Å²) >= 11 is 0. The number of methoxy groups -OCH3 is 1. The number of carbonyl (C=O) groups is 1. The summed E-state index contributed by atoms with van der Waals surface area (Å²) in [6.07, 6.45) is 6.87. The Balaban J connectivity index is 1.44. The molecule has 2 aliphatic rings. The minimum atomic E-state index is -0.0846. The van der Waals surface area contributed by atoms with Crippen LogP contribution in [0.15, 0.2) is 41.6 Å². The summed E-state index contributed by atoms with van der Waals surface area (Å²) in [5, 5.41) is 0. The van der Waals surface area contributed by atoms with Gasteiger partial charge in [-0.15, -0.1) is 0 Å². The van der Waals surface area contributed by atoms with Gasteiger partial charge in [-0.3, -0.25) is 14.0 Å². The van der Waals surface area contributed by atoms with Gasteiger partial charge in [0.05, 0.1) is 18.2 Å². The molecule has 0 unspecified atom stereocenters. The highest BCUT2D eigenvalue weighted by Gasteiger charge is 2.27. The fourth-order valence-corrected chi connectivity index (χ4v) is 4.29. The van der Waals surface area contributed by atoms with Crippen LogP contribution in [0.5, 0.6) is 5.75 Å². The van der Waals surface area contributed by atoms with Crippen molar-refractivity contribution in [3.05, 3.63) is 58.3 Å². The van der Waals surface area contributed by atoms with Crippen LogP contribution >= 0.6 is 0 Å². The summed E-state index contributed by atoms with van der Waals surface area (Å²) in [6.45, 7) is 4.10. The molecule has 1 amide bonds. The van der Waals surface area contributed by atoms with Crippen molar-refractivity contribution >= 4 is 23.1 Å². The summed E-state index contributed by atoms with van der Waals surface area (Å²) in [7, 11) is 1.68. The fraction of sp³-hybridized carbons (Fsp3) is 0.391. The quantitative estimate of drug-likeness (QED) is 0.623. The molecule has 1 atom stereocenters. The van der Waals surface area contributed by atoms with E-state index in [9.17, 15) is 9.59 Å². The van der Waals surface area contributed by atoms with E-state index < -0.39 is 0 Å². The van der Waals surface area contributed by atoms with Crippen LogP contribution in [-0.4, -0.2) is 64.6 Å². The SMILES string of the molecule is CO[C@@H]1CCCN(C(=O)c2cnc3c(c2)OCCN3c2ccn3c(=O)c(C)cnc3c2)C1. The molecule has 0 N–H and O–H groups in total. The Morgan fingerprint density at radius 3 is 2.94 bits per heavy atom. The van der Waals surface area contributed by atoms with E-state index in [2.05, 4.69) is 9.97 Å². The van der Waals surface area contributed by atoms with Crippen LogP contribution < -0.4 is 15.2 Å². The second-order valence-electron chi connectivity index (χ2n) is 8.16. The zero-order valence-electron chi connectivity index (χ0n) is 18.2. The van der Waals surface area contributed by atoms with Crippen LogP contribution in [0.1, 0.15) is 28.8 Å². The minimum Gasteiger partial charge on any atom is -0.488 e. The van der Waals surface area contributed by atoms with Crippen LogP contribution in [0.2, 0.25) is 0 Å². The van der Waals surface area contributed by atoms with Gasteiger partial charge < -0.3 is 19.3 Å². The average Bonchev–Trinajstić information content (AvgIpc) is 2.85. The molecule has 0 aliphatic carbocycles. The van der Waals surface area contributed by atoms with E-state index in [0.29, 0.717) is 54.6 Å². The number of carbonyl (C=O) groups excluding carboxylic acids is 1. The Bertz CT molecular complexity index is 1240. The standard InChI is InChI=1S/C23H25N5O4/c1-15-12-24-20-11-17(5-7-28(20)22(15)29)27-8-9-32-19-10-16(13-25-21(19)27)23(30)26-6-3-4-18(14-26)31-2/h5,7,10-13,18H,3-4,6,8-9,14H2,1-2H3/t18-/m1/s1. The molecule has 0 bridgehead atoms. The minimum absolute atomic E-state index is 0.0626. The van der Waals surface area contributed by atoms with Crippen molar-refractivity contribution in [2.24, 2.45) is 0 Å². The van der Waals surface area contributed by atoms with Gasteiger partial charge in [0, 0.05) is 56.1 Å². The number of ether oxygens (including phenoxy) is 2. The molecule has 9 nitrogen and oxygen atoms in total. The molecular weight excluding hydrogens is 410 g/mol. The van der Waals surface area contributed by atoms with Gasteiger partial charge in [0.1, 0.15) is 12.3 Å². The van der Waals surface area contributed by atoms with Crippen LogP contribution in [0.4, 0.5) is 11.5 Å². The number of rotatable bonds is 3. The highest BCUT2D eigenvalue weighted by Crippen LogP contribution is 2.35. The zero-order chi connectivity index (χ0) is 22.2. The lowest BCUT2D eigenvalue weighted by Gasteiger charge is -2.33. The van der Waals surface area contributed by atoms with E-state index in [4.69, 9.17) is 9.47 Å². The first-order valence-electron chi connectivity index (χ1n) is 10.8. The van der Waals surface area contributed by atoms with Gasteiger partial charge in [-0.2, -0.15) is 0 Å². The molecule has 0 radical (unpaired) electrons. The Morgan fingerprint density at radius 1 is 1.22 bits per heavy atom. The van der Waals surface area contributed by atoms with E-state index in [1.54, 1.807) is 38.7 Å². The molecule has 0 saturated carbocycles. The highest BCUT2D eigenvalue weighted by molar-refractivity contribution is 5.95. The number of pyridine rings is 2. The molecule has 32 heavy (non-hydrogen) atoms. The first kappa shape index (κ1) is 20.4. The summed E-state index contributed by atoms with van der Waals surface area (Å²) in [5.41, 5.74) is 2.44. The molecule has 2 aliphatic heterocycles. The Labute approximate surface area is 185 Å². The van der Waals surface area contributed by atoms with Crippen LogP contribution in [0.25, 0.3) is 5.65 Å². The van der Waals surface area contributed by atoms with E-state index >= 15 is 0 Å². The number of hydrogen-bond acceptors (Lipinski definition) is 7. The maximum atomic E-state index is 13.0. The first-order valence-corrected chi connectivity index (χ1v) is 10.8. The average molecular weight is 435 g/mol. The van der Waals surface area contributed by atoms with Crippen LogP contribution in [0, 0.1) is 6.92 Å². The fourth-order valence-electron chi connectivity index (χ4n) is 4.29. The number of anilines is 2. The van der Waals surface area contributed by atoms with Gasteiger partial charge in [0.25, 0.3) is 11.5 Å². The monoisotopic (exact) mass is 435 g/mol. The topological polar surface area (TPSA) is 89.3 Å². The Morgan fingerprint density at radius 2 is 2.09 bits per heavy atom. The molecule has 1 saturated heterocycles. The molecule has 166 valence electrons. The van der Waals surface area contributed by atoms with Crippen LogP contribution in [-0.2, 0) is 4.74 Å². The van der Waals surface area contributed by atoms with Crippen LogP contribution in [0.3, 0.4) is 0 Å². The molecule has 0 spiro atoms. The highest BCUT2D eigenvalue weighted by atomic mass is 16.5. The predicted molar refractivity (Wildman–Crippen MR) is 119 cm³/mol. The lowest BCUT2D eigenvalue weighted by molar-refractivity contribution is 0.0268. The zero-order valence-corrected chi connectivity index (χ0v) is 18.2. The number of amides is 1. The second kappa shape index (κ2) is 8.23. The number of hydrogen-bond donors (Lipinski definition) is 0. The first-order chi connectivity index (χ1) is 15.5. The largest absolute Gasteiger partial charge is 0.488 e. The number of aromatic nitrogens is 3. The molecule has 3 aromatic rings. The molecule has 1 fully saturated rings. The van der Waals surface area contributed by atoms with Crippen molar-refractivity contribution in [1.29, 1.82) is 0 Å². The van der Waals surface area contributed by atoms with Crippen molar-refractivity contribution in [3.8, 4) is 5.75 Å². The van der Waals surface area contributed by atoms with E-state index in [1.165, 1.54) is 4.40 Å². The second-order valence-corrected chi connectivity index (χ2v) is 8.16. The summed E-state index contributed by atoms with van der Waals surface area (Å²) < 4.78 is 12.8. The summed E-state index contributed by atoms with van der Waals surface area (Å²) in [5.74, 6) is 1.14. The Kier molecular flexibility index (Phi) is 5.26. The van der Waals surface area contributed by atoms with Gasteiger partial charge in [-0.1, -0.05) is 0 Å². The molecule has 0 aromatic carbocycles. The lowest BCUT2D eigenvalue weighted by Crippen LogP contribution is -2.43. The molecule has 3 aromatic heterocycles. The van der Waals surface area contributed by atoms with Gasteiger partial charge in [0.2, 0.25) is 0 Å². The third kappa shape index (κ3) is 3.58. The summed E-state index contributed by atoms with van der Waals surface area (Å²) in [4.78, 5) is 38.1. The maximum absolute atomic E-state index is 13.0. The number of likely N-dealkylation sites (tertiary alicyclic amines) is 1. The predicted octanol–water partition coefficient (Wildman–Crippen LogP) is 2.18. The lowest BCUT2D eigenvalue weighted by atomic mass is 10.1. The van der Waals surface area contributed by atoms with Crippen molar-refractivity contribution in [1.82, 2.24) is 19.3 Å². The Hall–Kier alpha value is -3.46. The smallest absolute Gasteiger partial charge is 0.260 e. The number of fused-ring (bicyclic) bond motifs is 2. The molecular formula is C23H25N5O4. The molecule has 5 rings (SSSR count). The molecule has 9 heteroatoms. The van der Waals surface area contributed by atoms with Gasteiger partial charge in [-0.25, -0.2) is 9.97 Å². The van der Waals surface area contributed by atoms with Crippen molar-refractivity contribution in [2.75, 3.05) is 38.3 Å². The van der Waals surface area contributed by atoms with Gasteiger partial charge >= 0.3 is 0 Å². The van der Waals surface area contributed by atoms with Crippen molar-refractivity contribution < 1.29 is 14.3 Å².